The molecule has 1 rings (SSSR count). The van der Waals surface area contributed by atoms with Crippen LogP contribution in [0.3, 0.4) is 0 Å². The number of rotatable bonds is 8. The van der Waals surface area contributed by atoms with Gasteiger partial charge in [0.2, 0.25) is 10.0 Å². The smallest absolute Gasteiger partial charge is 0.337 e. The second-order valence-corrected chi connectivity index (χ2v) is 8.18. The molecule has 0 spiro atoms. The molecule has 23 heavy (non-hydrogen) atoms. The first kappa shape index (κ1) is 19.4. The Morgan fingerprint density at radius 3 is 2.39 bits per heavy atom. The topological polar surface area (TPSA) is 95.5 Å². The highest BCUT2D eigenvalue weighted by molar-refractivity contribution is 7.89. The van der Waals surface area contributed by atoms with Crippen LogP contribution in [0.4, 0.5) is 5.69 Å². The number of benzene rings is 1. The summed E-state index contributed by atoms with van der Waals surface area (Å²) in [5, 5.41) is 12.4. The summed E-state index contributed by atoms with van der Waals surface area (Å²) in [5.74, 6) is -1.16. The van der Waals surface area contributed by atoms with Gasteiger partial charge in [0.25, 0.3) is 0 Å². The predicted octanol–water partition coefficient (Wildman–Crippen LogP) is 3.06. The number of nitrogens with one attached hydrogen (secondary N) is 2. The van der Waals surface area contributed by atoms with E-state index in [1.807, 2.05) is 0 Å². The molecule has 0 aliphatic rings. The molecule has 0 bridgehead atoms. The van der Waals surface area contributed by atoms with Crippen LogP contribution in [0.5, 0.6) is 0 Å². The average Bonchev–Trinajstić information content (AvgIpc) is 2.40. The SMILES string of the molecule is CCCCCNc1ccc(S(=O)(=O)NC(C)(C)C)cc1C(=O)O. The fourth-order valence-electron chi connectivity index (χ4n) is 2.08. The van der Waals surface area contributed by atoms with Crippen molar-refractivity contribution in [2.45, 2.75) is 57.4 Å². The molecule has 0 saturated carbocycles. The fourth-order valence-corrected chi connectivity index (χ4v) is 3.53. The maximum Gasteiger partial charge on any atom is 0.337 e. The minimum Gasteiger partial charge on any atom is -0.478 e. The van der Waals surface area contributed by atoms with E-state index in [-0.39, 0.29) is 10.5 Å². The summed E-state index contributed by atoms with van der Waals surface area (Å²) >= 11 is 0. The molecule has 0 aliphatic carbocycles. The summed E-state index contributed by atoms with van der Waals surface area (Å²) in [4.78, 5) is 11.4. The number of carboxylic acid groups (broad SMARTS) is 1. The molecule has 1 aromatic rings. The van der Waals surface area contributed by atoms with Gasteiger partial charge in [0.1, 0.15) is 0 Å². The summed E-state index contributed by atoms with van der Waals surface area (Å²) in [6, 6.07) is 4.12. The summed E-state index contributed by atoms with van der Waals surface area (Å²) < 4.78 is 27.1. The van der Waals surface area contributed by atoms with Gasteiger partial charge < -0.3 is 10.4 Å². The van der Waals surface area contributed by atoms with E-state index in [9.17, 15) is 18.3 Å². The first-order valence-electron chi connectivity index (χ1n) is 7.72. The van der Waals surface area contributed by atoms with Crippen LogP contribution in [0.25, 0.3) is 0 Å². The number of carbonyl (C=O) groups is 1. The molecule has 1 aromatic carbocycles. The Kier molecular flexibility index (Phi) is 6.58. The zero-order chi connectivity index (χ0) is 17.7. The van der Waals surface area contributed by atoms with Gasteiger partial charge in [-0.1, -0.05) is 19.8 Å². The van der Waals surface area contributed by atoms with Gasteiger partial charge in [-0.25, -0.2) is 17.9 Å². The molecule has 7 heteroatoms. The lowest BCUT2D eigenvalue weighted by atomic mass is 10.1. The van der Waals surface area contributed by atoms with Crippen molar-refractivity contribution in [2.75, 3.05) is 11.9 Å². The maximum absolute atomic E-state index is 12.3. The van der Waals surface area contributed by atoms with Gasteiger partial charge in [-0.3, -0.25) is 0 Å². The van der Waals surface area contributed by atoms with E-state index in [1.54, 1.807) is 20.8 Å². The lowest BCUT2D eigenvalue weighted by Crippen LogP contribution is -2.40. The van der Waals surface area contributed by atoms with Crippen LogP contribution in [0.1, 0.15) is 57.3 Å². The monoisotopic (exact) mass is 342 g/mol. The highest BCUT2D eigenvalue weighted by Gasteiger charge is 2.23. The Bertz CT molecular complexity index is 649. The number of unbranched alkanes of at least 4 members (excludes halogenated alkanes) is 2. The Morgan fingerprint density at radius 2 is 1.87 bits per heavy atom. The molecular weight excluding hydrogens is 316 g/mol. The van der Waals surface area contributed by atoms with E-state index in [4.69, 9.17) is 0 Å². The minimum atomic E-state index is -3.76. The zero-order valence-electron chi connectivity index (χ0n) is 14.1. The molecule has 0 aliphatic heterocycles. The number of sulfonamides is 1. The molecule has 0 heterocycles. The van der Waals surface area contributed by atoms with Gasteiger partial charge in [-0.05, 0) is 45.4 Å². The Hall–Kier alpha value is -1.60. The lowest BCUT2D eigenvalue weighted by molar-refractivity contribution is 0.0697. The molecule has 6 nitrogen and oxygen atoms in total. The van der Waals surface area contributed by atoms with E-state index >= 15 is 0 Å². The van der Waals surface area contributed by atoms with Gasteiger partial charge in [0.15, 0.2) is 0 Å². The summed E-state index contributed by atoms with van der Waals surface area (Å²) in [6.45, 7) is 7.93. The number of hydrogen-bond acceptors (Lipinski definition) is 4. The third-order valence-electron chi connectivity index (χ3n) is 3.07. The number of hydrogen-bond donors (Lipinski definition) is 3. The van der Waals surface area contributed by atoms with Crippen LogP contribution in [-0.2, 0) is 10.0 Å². The van der Waals surface area contributed by atoms with E-state index in [1.165, 1.54) is 18.2 Å². The number of carboxylic acids is 1. The first-order chi connectivity index (χ1) is 10.6. The maximum atomic E-state index is 12.3. The molecular formula is C16H26N2O4S. The van der Waals surface area contributed by atoms with Gasteiger partial charge in [-0.15, -0.1) is 0 Å². The van der Waals surface area contributed by atoms with Crippen LogP contribution in [0.2, 0.25) is 0 Å². The highest BCUT2D eigenvalue weighted by Crippen LogP contribution is 2.22. The molecule has 0 amide bonds. The van der Waals surface area contributed by atoms with E-state index in [0.717, 1.165) is 19.3 Å². The van der Waals surface area contributed by atoms with Crippen molar-refractivity contribution in [1.82, 2.24) is 4.72 Å². The molecule has 0 fully saturated rings. The van der Waals surface area contributed by atoms with Crippen molar-refractivity contribution in [3.8, 4) is 0 Å². The van der Waals surface area contributed by atoms with Gasteiger partial charge in [0, 0.05) is 17.8 Å². The van der Waals surface area contributed by atoms with E-state index in [0.29, 0.717) is 12.2 Å². The fraction of sp³-hybridized carbons (Fsp3) is 0.562. The minimum absolute atomic E-state index is 0.0433. The quantitative estimate of drug-likeness (QED) is 0.631. The van der Waals surface area contributed by atoms with Crippen molar-refractivity contribution in [3.63, 3.8) is 0 Å². The molecule has 3 N–H and O–H groups in total. The van der Waals surface area contributed by atoms with Gasteiger partial charge in [-0.2, -0.15) is 0 Å². The van der Waals surface area contributed by atoms with Crippen LogP contribution in [-0.4, -0.2) is 31.6 Å². The Labute approximate surface area is 138 Å². The van der Waals surface area contributed by atoms with Crippen LogP contribution < -0.4 is 10.0 Å². The van der Waals surface area contributed by atoms with Crippen LogP contribution in [0.15, 0.2) is 23.1 Å². The normalized spacial score (nSPS) is 12.2. The summed E-state index contributed by atoms with van der Waals surface area (Å²) in [5.41, 5.74) is -0.249. The molecule has 0 saturated heterocycles. The third-order valence-corrected chi connectivity index (χ3v) is 4.82. The first-order valence-corrected chi connectivity index (χ1v) is 9.20. The zero-order valence-corrected chi connectivity index (χ0v) is 15.0. The van der Waals surface area contributed by atoms with Crippen molar-refractivity contribution >= 4 is 21.7 Å². The van der Waals surface area contributed by atoms with Crippen molar-refractivity contribution < 1.29 is 18.3 Å². The molecule has 0 unspecified atom stereocenters. The highest BCUT2D eigenvalue weighted by atomic mass is 32.2. The van der Waals surface area contributed by atoms with Gasteiger partial charge in [0.05, 0.1) is 10.5 Å². The largest absolute Gasteiger partial charge is 0.478 e. The number of aromatic carboxylic acids is 1. The molecule has 0 radical (unpaired) electrons. The van der Waals surface area contributed by atoms with Crippen molar-refractivity contribution in [3.05, 3.63) is 23.8 Å². The second kappa shape index (κ2) is 7.79. The molecule has 0 aromatic heterocycles. The average molecular weight is 342 g/mol. The Morgan fingerprint density at radius 1 is 1.22 bits per heavy atom. The molecule has 0 atom stereocenters. The van der Waals surface area contributed by atoms with Crippen LogP contribution >= 0.6 is 0 Å². The summed E-state index contributed by atoms with van der Waals surface area (Å²) in [6.07, 6.45) is 3.06. The van der Waals surface area contributed by atoms with E-state index < -0.39 is 21.5 Å². The van der Waals surface area contributed by atoms with Crippen molar-refractivity contribution in [1.29, 1.82) is 0 Å². The standard InChI is InChI=1S/C16H26N2O4S/c1-5-6-7-10-17-14-9-8-12(11-13(14)15(19)20)23(21,22)18-16(2,3)4/h8-9,11,17-18H,5-7,10H2,1-4H3,(H,19,20). The van der Waals surface area contributed by atoms with Crippen molar-refractivity contribution in [2.24, 2.45) is 0 Å². The predicted molar refractivity (Wildman–Crippen MR) is 91.5 cm³/mol. The molecule has 130 valence electrons. The van der Waals surface area contributed by atoms with Crippen LogP contribution in [0, 0.1) is 0 Å². The third kappa shape index (κ3) is 6.19. The number of anilines is 1. The second-order valence-electron chi connectivity index (χ2n) is 6.50. The van der Waals surface area contributed by atoms with E-state index in [2.05, 4.69) is 17.0 Å². The summed E-state index contributed by atoms with van der Waals surface area (Å²) in [7, 11) is -3.76. The Balaban J connectivity index is 3.06. The lowest BCUT2D eigenvalue weighted by Gasteiger charge is -2.21. The van der Waals surface area contributed by atoms with Gasteiger partial charge >= 0.3 is 5.97 Å².